The van der Waals surface area contributed by atoms with Gasteiger partial charge in [-0.2, -0.15) is 26.3 Å². The Labute approximate surface area is 121 Å². The molecule has 1 heterocycles. The van der Waals surface area contributed by atoms with E-state index in [2.05, 4.69) is 15.0 Å². The van der Waals surface area contributed by atoms with Crippen molar-refractivity contribution in [2.45, 2.75) is 18.8 Å². The maximum Gasteiger partial charge on any atom is 0.433 e. The van der Waals surface area contributed by atoms with Gasteiger partial charge in [0.2, 0.25) is 0 Å². The lowest BCUT2D eigenvalue weighted by atomic mass is 10.2. The van der Waals surface area contributed by atoms with Gasteiger partial charge in [-0.3, -0.25) is 9.78 Å². The Bertz CT molecular complexity index is 484. The van der Waals surface area contributed by atoms with Gasteiger partial charge in [0.25, 0.3) is 5.91 Å². The number of rotatable bonds is 6. The highest BCUT2D eigenvalue weighted by atomic mass is 19.4. The number of hydrogen-bond donors (Lipinski definition) is 1. The highest BCUT2D eigenvalue weighted by Crippen LogP contribution is 2.27. The molecule has 0 aliphatic rings. The summed E-state index contributed by atoms with van der Waals surface area (Å²) in [5, 5.41) is 2.33. The standard InChI is InChI=1S/C12H12F6N2O2/c13-11(14,15)7-22-5-1-4-19-10(21)8-2-3-9(20-6-8)12(16,17)18/h2-3,6H,1,4-5,7H2,(H,19,21). The van der Waals surface area contributed by atoms with Gasteiger partial charge in [0.15, 0.2) is 0 Å². The molecule has 0 aliphatic heterocycles. The van der Waals surface area contributed by atoms with E-state index < -0.39 is 30.6 Å². The lowest BCUT2D eigenvalue weighted by Gasteiger charge is -2.09. The van der Waals surface area contributed by atoms with E-state index in [4.69, 9.17) is 0 Å². The number of nitrogens with zero attached hydrogens (tertiary/aromatic N) is 1. The zero-order chi connectivity index (χ0) is 16.8. The van der Waals surface area contributed by atoms with Crippen LogP contribution >= 0.6 is 0 Å². The smallest absolute Gasteiger partial charge is 0.372 e. The zero-order valence-corrected chi connectivity index (χ0v) is 11.1. The first-order valence-corrected chi connectivity index (χ1v) is 6.05. The fourth-order valence-electron chi connectivity index (χ4n) is 1.36. The summed E-state index contributed by atoms with van der Waals surface area (Å²) in [6.45, 7) is -1.55. The first-order valence-electron chi connectivity index (χ1n) is 6.05. The number of pyridine rings is 1. The van der Waals surface area contributed by atoms with Crippen LogP contribution in [0.2, 0.25) is 0 Å². The summed E-state index contributed by atoms with van der Waals surface area (Å²) in [5.41, 5.74) is -1.20. The fraction of sp³-hybridized carbons (Fsp3) is 0.500. The number of hydrogen-bond acceptors (Lipinski definition) is 3. The van der Waals surface area contributed by atoms with Crippen molar-refractivity contribution in [3.8, 4) is 0 Å². The predicted molar refractivity (Wildman–Crippen MR) is 63.1 cm³/mol. The highest BCUT2D eigenvalue weighted by molar-refractivity contribution is 5.93. The van der Waals surface area contributed by atoms with Crippen molar-refractivity contribution in [1.82, 2.24) is 10.3 Å². The largest absolute Gasteiger partial charge is 0.433 e. The van der Waals surface area contributed by atoms with E-state index in [1.807, 2.05) is 0 Å². The fourth-order valence-corrected chi connectivity index (χ4v) is 1.36. The topological polar surface area (TPSA) is 51.2 Å². The summed E-state index contributed by atoms with van der Waals surface area (Å²) in [6, 6.07) is 1.63. The van der Waals surface area contributed by atoms with Crippen LogP contribution in [0.25, 0.3) is 0 Å². The minimum atomic E-state index is -4.59. The van der Waals surface area contributed by atoms with Gasteiger partial charge in [-0.05, 0) is 18.6 Å². The Morgan fingerprint density at radius 1 is 1.18 bits per heavy atom. The monoisotopic (exact) mass is 330 g/mol. The molecule has 0 saturated heterocycles. The summed E-state index contributed by atoms with van der Waals surface area (Å²) in [5.74, 6) is -0.669. The summed E-state index contributed by atoms with van der Waals surface area (Å²) in [6.07, 6.45) is -8.09. The summed E-state index contributed by atoms with van der Waals surface area (Å²) in [4.78, 5) is 14.7. The maximum absolute atomic E-state index is 12.3. The Morgan fingerprint density at radius 3 is 2.36 bits per heavy atom. The number of carbonyl (C=O) groups excluding carboxylic acids is 1. The van der Waals surface area contributed by atoms with Crippen LogP contribution in [0.3, 0.4) is 0 Å². The molecule has 0 spiro atoms. The van der Waals surface area contributed by atoms with E-state index in [-0.39, 0.29) is 25.1 Å². The van der Waals surface area contributed by atoms with Crippen LogP contribution in [0.5, 0.6) is 0 Å². The second kappa shape index (κ2) is 7.43. The van der Waals surface area contributed by atoms with Gasteiger partial charge in [-0.15, -0.1) is 0 Å². The number of amides is 1. The molecule has 0 unspecified atom stereocenters. The molecule has 124 valence electrons. The summed E-state index contributed by atoms with van der Waals surface area (Å²) >= 11 is 0. The van der Waals surface area contributed by atoms with Crippen molar-refractivity contribution in [3.05, 3.63) is 29.6 Å². The van der Waals surface area contributed by atoms with E-state index in [0.717, 1.165) is 12.3 Å². The quantitative estimate of drug-likeness (QED) is 0.645. The van der Waals surface area contributed by atoms with Crippen LogP contribution in [-0.4, -0.2) is 36.8 Å². The van der Waals surface area contributed by atoms with Gasteiger partial charge in [0.05, 0.1) is 5.56 Å². The summed E-state index contributed by atoms with van der Waals surface area (Å²) < 4.78 is 76.4. The van der Waals surface area contributed by atoms with Crippen molar-refractivity contribution in [2.24, 2.45) is 0 Å². The first-order chi connectivity index (χ1) is 10.1. The number of carbonyl (C=O) groups is 1. The first kappa shape index (κ1) is 18.2. The molecule has 1 aromatic heterocycles. The molecule has 0 saturated carbocycles. The molecule has 0 radical (unpaired) electrons. The van der Waals surface area contributed by atoms with Crippen LogP contribution in [-0.2, 0) is 10.9 Å². The molecule has 1 N–H and O–H groups in total. The molecule has 22 heavy (non-hydrogen) atoms. The normalized spacial score (nSPS) is 12.3. The van der Waals surface area contributed by atoms with E-state index in [9.17, 15) is 31.1 Å². The molecule has 1 rings (SSSR count). The van der Waals surface area contributed by atoms with E-state index in [1.165, 1.54) is 0 Å². The number of halogens is 6. The van der Waals surface area contributed by atoms with Crippen molar-refractivity contribution < 1.29 is 35.9 Å². The van der Waals surface area contributed by atoms with Gasteiger partial charge >= 0.3 is 12.4 Å². The van der Waals surface area contributed by atoms with Crippen LogP contribution in [0, 0.1) is 0 Å². The van der Waals surface area contributed by atoms with Gasteiger partial charge < -0.3 is 10.1 Å². The average molecular weight is 330 g/mol. The third-order valence-electron chi connectivity index (χ3n) is 2.33. The van der Waals surface area contributed by atoms with Crippen molar-refractivity contribution in [1.29, 1.82) is 0 Å². The average Bonchev–Trinajstić information content (AvgIpc) is 2.40. The third kappa shape index (κ3) is 6.74. The van der Waals surface area contributed by atoms with Crippen molar-refractivity contribution in [2.75, 3.05) is 19.8 Å². The lowest BCUT2D eigenvalue weighted by molar-refractivity contribution is -0.173. The number of nitrogens with one attached hydrogen (secondary N) is 1. The second-order valence-corrected chi connectivity index (χ2v) is 4.21. The number of ether oxygens (including phenoxy) is 1. The molecule has 1 aromatic rings. The number of alkyl halides is 6. The summed E-state index contributed by atoms with van der Waals surface area (Å²) in [7, 11) is 0. The minimum Gasteiger partial charge on any atom is -0.372 e. The highest BCUT2D eigenvalue weighted by Gasteiger charge is 2.32. The Hall–Kier alpha value is -1.84. The van der Waals surface area contributed by atoms with Gasteiger partial charge in [0, 0.05) is 19.3 Å². The predicted octanol–water partition coefficient (Wildman–Crippen LogP) is 2.80. The third-order valence-corrected chi connectivity index (χ3v) is 2.33. The molecule has 4 nitrogen and oxygen atoms in total. The van der Waals surface area contributed by atoms with Gasteiger partial charge in [-0.1, -0.05) is 0 Å². The minimum absolute atomic E-state index is 0.0255. The molecule has 0 atom stereocenters. The van der Waals surface area contributed by atoms with Crippen LogP contribution in [0.4, 0.5) is 26.3 Å². The second-order valence-electron chi connectivity index (χ2n) is 4.21. The molecule has 1 amide bonds. The van der Waals surface area contributed by atoms with Gasteiger partial charge in [-0.25, -0.2) is 0 Å². The van der Waals surface area contributed by atoms with Crippen LogP contribution < -0.4 is 5.32 Å². The molecular formula is C12H12F6N2O2. The Kier molecular flexibility index (Phi) is 6.15. The molecule has 0 aliphatic carbocycles. The van der Waals surface area contributed by atoms with Crippen LogP contribution in [0.15, 0.2) is 18.3 Å². The van der Waals surface area contributed by atoms with Crippen molar-refractivity contribution >= 4 is 5.91 Å². The van der Waals surface area contributed by atoms with E-state index in [1.54, 1.807) is 0 Å². The van der Waals surface area contributed by atoms with Crippen molar-refractivity contribution in [3.63, 3.8) is 0 Å². The molecular weight excluding hydrogens is 318 g/mol. The Balaban J connectivity index is 2.31. The maximum atomic E-state index is 12.3. The molecule has 0 fully saturated rings. The number of aromatic nitrogens is 1. The molecule has 0 bridgehead atoms. The zero-order valence-electron chi connectivity index (χ0n) is 11.1. The van der Waals surface area contributed by atoms with Crippen LogP contribution in [0.1, 0.15) is 22.5 Å². The van der Waals surface area contributed by atoms with Gasteiger partial charge in [0.1, 0.15) is 12.3 Å². The van der Waals surface area contributed by atoms with E-state index >= 15 is 0 Å². The molecule has 0 aromatic carbocycles. The van der Waals surface area contributed by atoms with E-state index in [0.29, 0.717) is 6.07 Å². The SMILES string of the molecule is O=C(NCCCOCC(F)(F)F)c1ccc(C(F)(F)F)nc1. The molecule has 10 heteroatoms. The lowest BCUT2D eigenvalue weighted by Crippen LogP contribution is -2.26. The Morgan fingerprint density at radius 2 is 1.86 bits per heavy atom.